The Bertz CT molecular complexity index is 857. The lowest BCUT2D eigenvalue weighted by atomic mass is 10.0. The molecular formula is C19H22ClN3OSi. The van der Waals surface area contributed by atoms with Gasteiger partial charge in [-0.3, -0.25) is 0 Å². The summed E-state index contributed by atoms with van der Waals surface area (Å²) in [5, 5.41) is 13.7. The number of likely N-dealkylation sites (N-methyl/N-ethyl adjacent to an activating group) is 1. The Morgan fingerprint density at radius 2 is 1.80 bits per heavy atom. The van der Waals surface area contributed by atoms with Crippen LogP contribution in [0.5, 0.6) is 0 Å². The summed E-state index contributed by atoms with van der Waals surface area (Å²) in [6.45, 7) is 6.93. The molecule has 6 heteroatoms. The first-order valence-corrected chi connectivity index (χ1v) is 12.1. The lowest BCUT2D eigenvalue weighted by molar-refractivity contribution is -0.439. The minimum absolute atomic E-state index is 0.220. The van der Waals surface area contributed by atoms with E-state index < -0.39 is 8.24 Å². The molecule has 0 N–H and O–H groups in total. The molecule has 3 rings (SSSR count). The van der Waals surface area contributed by atoms with E-state index in [0.717, 1.165) is 27.4 Å². The van der Waals surface area contributed by atoms with Crippen molar-refractivity contribution in [1.29, 1.82) is 0 Å². The Hall–Kier alpha value is -2.11. The summed E-state index contributed by atoms with van der Waals surface area (Å²) < 4.78 is 3.22. The highest BCUT2D eigenvalue weighted by Gasteiger charge is 2.30. The standard InChI is InChI=1S/C19H22ClN3OSi/c1-22(25(2,3)4)18-13-23(24)19(14-8-6-5-7-9-14)16-12-15(20)10-11-17(16)21-18/h5-12H,13H2,1-4H3. The molecule has 0 radical (unpaired) electrons. The first-order valence-electron chi connectivity index (χ1n) is 8.26. The molecule has 2 aromatic carbocycles. The van der Waals surface area contributed by atoms with Crippen LogP contribution in [0.25, 0.3) is 0 Å². The Kier molecular flexibility index (Phi) is 4.71. The molecule has 130 valence electrons. The molecule has 0 amide bonds. The van der Waals surface area contributed by atoms with E-state index in [0.29, 0.717) is 10.7 Å². The number of halogens is 1. The van der Waals surface area contributed by atoms with Crippen LogP contribution in [-0.4, -0.2) is 42.7 Å². The summed E-state index contributed by atoms with van der Waals surface area (Å²) in [6, 6.07) is 15.2. The smallest absolute Gasteiger partial charge is 0.228 e. The van der Waals surface area contributed by atoms with Crippen molar-refractivity contribution in [3.05, 3.63) is 69.9 Å². The summed E-state index contributed by atoms with van der Waals surface area (Å²) in [5.41, 5.74) is 3.03. The molecule has 0 unspecified atom stereocenters. The first kappa shape index (κ1) is 17.7. The number of fused-ring (bicyclic) bond motifs is 1. The largest absolute Gasteiger partial charge is 0.623 e. The molecule has 0 spiro atoms. The maximum atomic E-state index is 13.1. The number of rotatable bonds is 2. The average Bonchev–Trinajstić information content (AvgIpc) is 2.69. The van der Waals surface area contributed by atoms with Gasteiger partial charge in [-0.25, -0.2) is 4.99 Å². The second kappa shape index (κ2) is 6.65. The molecule has 1 aliphatic rings. The van der Waals surface area contributed by atoms with E-state index in [-0.39, 0.29) is 6.54 Å². The fourth-order valence-electron chi connectivity index (χ4n) is 2.78. The lowest BCUT2D eigenvalue weighted by Crippen LogP contribution is -2.49. The normalized spacial score (nSPS) is 14.7. The van der Waals surface area contributed by atoms with Crippen LogP contribution >= 0.6 is 11.6 Å². The van der Waals surface area contributed by atoms with Crippen LogP contribution in [0.2, 0.25) is 24.7 Å². The zero-order valence-corrected chi connectivity index (χ0v) is 16.7. The van der Waals surface area contributed by atoms with Gasteiger partial charge in [0.15, 0.2) is 5.84 Å². The molecular weight excluding hydrogens is 350 g/mol. The number of amidine groups is 1. The van der Waals surface area contributed by atoms with Gasteiger partial charge in [0, 0.05) is 10.6 Å². The maximum Gasteiger partial charge on any atom is 0.228 e. The number of hydroxylamine groups is 1. The molecule has 4 nitrogen and oxygen atoms in total. The molecule has 0 saturated heterocycles. The van der Waals surface area contributed by atoms with Gasteiger partial charge < -0.3 is 9.77 Å². The Labute approximate surface area is 154 Å². The van der Waals surface area contributed by atoms with Gasteiger partial charge >= 0.3 is 0 Å². The predicted molar refractivity (Wildman–Crippen MR) is 108 cm³/mol. The van der Waals surface area contributed by atoms with Crippen LogP contribution < -0.4 is 0 Å². The van der Waals surface area contributed by atoms with Crippen molar-refractivity contribution < 1.29 is 4.74 Å². The van der Waals surface area contributed by atoms with Crippen LogP contribution in [-0.2, 0) is 0 Å². The van der Waals surface area contributed by atoms with E-state index in [4.69, 9.17) is 16.6 Å². The number of hydrogen-bond acceptors (Lipinski definition) is 3. The molecule has 0 aliphatic carbocycles. The van der Waals surface area contributed by atoms with Gasteiger partial charge in [0.05, 0.1) is 11.3 Å². The summed E-state index contributed by atoms with van der Waals surface area (Å²) >= 11 is 6.22. The second-order valence-corrected chi connectivity index (χ2v) is 12.6. The van der Waals surface area contributed by atoms with Crippen LogP contribution in [0.3, 0.4) is 0 Å². The van der Waals surface area contributed by atoms with E-state index in [1.807, 2.05) is 55.6 Å². The molecule has 0 atom stereocenters. The van der Waals surface area contributed by atoms with Gasteiger partial charge in [-0.1, -0.05) is 49.4 Å². The topological polar surface area (TPSA) is 41.7 Å². The summed E-state index contributed by atoms with van der Waals surface area (Å²) in [5.74, 6) is 0.795. The van der Waals surface area contributed by atoms with Crippen LogP contribution in [0.1, 0.15) is 11.1 Å². The summed E-state index contributed by atoms with van der Waals surface area (Å²) in [4.78, 5) is 4.83. The SMILES string of the molecule is CN(C1=Nc2ccc(Cl)cc2C(c2ccccc2)=[N+]([O-])C1)[Si](C)(C)C. The van der Waals surface area contributed by atoms with Crippen LogP contribution in [0, 0.1) is 5.21 Å². The van der Waals surface area contributed by atoms with Crippen molar-refractivity contribution in [2.75, 3.05) is 13.6 Å². The van der Waals surface area contributed by atoms with Gasteiger partial charge in [0.25, 0.3) is 0 Å². The van der Waals surface area contributed by atoms with E-state index in [1.54, 1.807) is 0 Å². The summed E-state index contributed by atoms with van der Waals surface area (Å²) in [7, 11) is 0.398. The minimum Gasteiger partial charge on any atom is -0.623 e. The highest BCUT2D eigenvalue weighted by atomic mass is 35.5. The third-order valence-corrected chi connectivity index (χ3v) is 6.94. The van der Waals surface area contributed by atoms with Crippen molar-refractivity contribution in [2.45, 2.75) is 19.6 Å². The van der Waals surface area contributed by atoms with Crippen molar-refractivity contribution in [1.82, 2.24) is 4.57 Å². The van der Waals surface area contributed by atoms with Gasteiger partial charge in [-0.05, 0) is 37.4 Å². The van der Waals surface area contributed by atoms with Crippen molar-refractivity contribution in [3.8, 4) is 0 Å². The first-order chi connectivity index (χ1) is 11.8. The number of nitrogens with zero attached hydrogens (tertiary/aromatic N) is 3. The minimum atomic E-state index is -1.63. The molecule has 25 heavy (non-hydrogen) atoms. The lowest BCUT2D eigenvalue weighted by Gasteiger charge is -2.32. The van der Waals surface area contributed by atoms with Crippen LogP contribution in [0.4, 0.5) is 5.69 Å². The Balaban J connectivity index is 2.22. The summed E-state index contributed by atoms with van der Waals surface area (Å²) in [6.07, 6.45) is 0. The zero-order chi connectivity index (χ0) is 18.2. The molecule has 1 aliphatic heterocycles. The van der Waals surface area contributed by atoms with Gasteiger partial charge in [-0.15, -0.1) is 0 Å². The third kappa shape index (κ3) is 3.62. The van der Waals surface area contributed by atoms with Gasteiger partial charge in [-0.2, -0.15) is 4.74 Å². The number of aliphatic imine (C=N–C) groups is 1. The highest BCUT2D eigenvalue weighted by molar-refractivity contribution is 6.75. The van der Waals surface area contributed by atoms with Crippen molar-refractivity contribution in [3.63, 3.8) is 0 Å². The molecule has 0 fully saturated rings. The molecule has 1 heterocycles. The number of benzene rings is 2. The quantitative estimate of drug-likeness (QED) is 0.443. The second-order valence-electron chi connectivity index (χ2n) is 7.17. The Morgan fingerprint density at radius 1 is 1.12 bits per heavy atom. The van der Waals surface area contributed by atoms with E-state index in [9.17, 15) is 5.21 Å². The maximum absolute atomic E-state index is 13.1. The predicted octanol–water partition coefficient (Wildman–Crippen LogP) is 4.50. The zero-order valence-electron chi connectivity index (χ0n) is 15.0. The molecule has 2 aromatic rings. The Morgan fingerprint density at radius 3 is 2.44 bits per heavy atom. The van der Waals surface area contributed by atoms with E-state index >= 15 is 0 Å². The van der Waals surface area contributed by atoms with Gasteiger partial charge in [0.2, 0.25) is 12.3 Å². The molecule has 0 bridgehead atoms. The van der Waals surface area contributed by atoms with E-state index in [1.165, 1.54) is 0 Å². The highest BCUT2D eigenvalue weighted by Crippen LogP contribution is 2.29. The fraction of sp³-hybridized carbons (Fsp3) is 0.263. The van der Waals surface area contributed by atoms with Crippen molar-refractivity contribution in [2.24, 2.45) is 4.99 Å². The monoisotopic (exact) mass is 371 g/mol. The fourth-order valence-corrected chi connectivity index (χ4v) is 3.84. The van der Waals surface area contributed by atoms with Gasteiger partial charge in [0.1, 0.15) is 8.24 Å². The third-order valence-electron chi connectivity index (χ3n) is 4.44. The molecule has 0 saturated carbocycles. The van der Waals surface area contributed by atoms with Crippen molar-refractivity contribution >= 4 is 37.1 Å². The molecule has 0 aromatic heterocycles. The number of hydrogen-bond donors (Lipinski definition) is 0. The van der Waals surface area contributed by atoms with E-state index in [2.05, 4.69) is 24.2 Å². The average molecular weight is 372 g/mol. The van der Waals surface area contributed by atoms with Crippen LogP contribution in [0.15, 0.2) is 53.5 Å².